The molecule has 0 unspecified atom stereocenters. The van der Waals surface area contributed by atoms with Crippen molar-refractivity contribution in [2.45, 2.75) is 13.0 Å². The zero-order chi connectivity index (χ0) is 9.42. The van der Waals surface area contributed by atoms with E-state index in [1.807, 2.05) is 13.1 Å². The van der Waals surface area contributed by atoms with E-state index >= 15 is 0 Å². The van der Waals surface area contributed by atoms with Crippen LogP contribution < -0.4 is 10.6 Å². The number of pyridine rings is 1. The highest BCUT2D eigenvalue weighted by atomic mass is 79.9. The van der Waals surface area contributed by atoms with Gasteiger partial charge in [0.2, 0.25) is 0 Å². The second kappa shape index (κ2) is 3.27. The van der Waals surface area contributed by atoms with Crippen LogP contribution in [-0.4, -0.2) is 24.1 Å². The molecule has 0 spiro atoms. The lowest BCUT2D eigenvalue weighted by Gasteiger charge is -2.38. The normalized spacial score (nSPS) is 17.3. The van der Waals surface area contributed by atoms with Gasteiger partial charge in [-0.25, -0.2) is 4.98 Å². The van der Waals surface area contributed by atoms with Crippen molar-refractivity contribution >= 4 is 21.7 Å². The van der Waals surface area contributed by atoms with Crippen molar-refractivity contribution in [1.82, 2.24) is 4.98 Å². The van der Waals surface area contributed by atoms with Gasteiger partial charge in [-0.1, -0.05) is 0 Å². The molecule has 3 nitrogen and oxygen atoms in total. The summed E-state index contributed by atoms with van der Waals surface area (Å²) in [6.45, 7) is 3.85. The van der Waals surface area contributed by atoms with Crippen LogP contribution in [0.15, 0.2) is 16.7 Å². The van der Waals surface area contributed by atoms with Gasteiger partial charge < -0.3 is 10.6 Å². The summed E-state index contributed by atoms with van der Waals surface area (Å²) >= 11 is 3.50. The fourth-order valence-electron chi connectivity index (χ4n) is 1.44. The predicted molar refractivity (Wildman–Crippen MR) is 56.9 cm³/mol. The summed E-state index contributed by atoms with van der Waals surface area (Å²) in [5.74, 6) is 1.01. The van der Waals surface area contributed by atoms with Crippen LogP contribution in [0.3, 0.4) is 0 Å². The Morgan fingerprint density at radius 3 is 2.85 bits per heavy atom. The second-order valence-corrected chi connectivity index (χ2v) is 4.34. The van der Waals surface area contributed by atoms with E-state index in [1.165, 1.54) is 5.56 Å². The molecule has 0 atom stereocenters. The summed E-state index contributed by atoms with van der Waals surface area (Å²) in [5.41, 5.74) is 6.87. The van der Waals surface area contributed by atoms with E-state index in [-0.39, 0.29) is 0 Å². The molecule has 13 heavy (non-hydrogen) atoms. The minimum Gasteiger partial charge on any atom is -0.352 e. The van der Waals surface area contributed by atoms with E-state index in [1.54, 1.807) is 0 Å². The molecule has 2 rings (SSSR count). The number of hydrogen-bond acceptors (Lipinski definition) is 3. The zero-order valence-corrected chi connectivity index (χ0v) is 9.08. The Bertz CT molecular complexity index is 321. The molecule has 1 saturated heterocycles. The molecule has 2 heterocycles. The van der Waals surface area contributed by atoms with Gasteiger partial charge in [-0.2, -0.15) is 0 Å². The largest absolute Gasteiger partial charge is 0.352 e. The number of aromatic nitrogens is 1. The van der Waals surface area contributed by atoms with Gasteiger partial charge in [0.05, 0.1) is 4.47 Å². The minimum absolute atomic E-state index is 0.315. The maximum atomic E-state index is 5.70. The van der Waals surface area contributed by atoms with E-state index in [2.05, 4.69) is 31.9 Å². The third kappa shape index (κ3) is 1.69. The molecule has 1 aromatic rings. The molecule has 0 bridgehead atoms. The summed E-state index contributed by atoms with van der Waals surface area (Å²) < 4.78 is 1.06. The summed E-state index contributed by atoms with van der Waals surface area (Å²) in [7, 11) is 0. The smallest absolute Gasteiger partial charge is 0.142 e. The molecule has 2 N–H and O–H groups in total. The van der Waals surface area contributed by atoms with Crippen LogP contribution in [0.2, 0.25) is 0 Å². The van der Waals surface area contributed by atoms with Crippen LogP contribution in [0, 0.1) is 6.92 Å². The third-order valence-corrected chi connectivity index (χ3v) is 2.75. The second-order valence-electron chi connectivity index (χ2n) is 3.48. The summed E-state index contributed by atoms with van der Waals surface area (Å²) in [6.07, 6.45) is 1.88. The van der Waals surface area contributed by atoms with E-state index < -0.39 is 0 Å². The van der Waals surface area contributed by atoms with Crippen LogP contribution in [-0.2, 0) is 0 Å². The van der Waals surface area contributed by atoms with Crippen molar-refractivity contribution in [3.8, 4) is 0 Å². The van der Waals surface area contributed by atoms with Crippen molar-refractivity contribution in [3.63, 3.8) is 0 Å². The average Bonchev–Trinajstić information content (AvgIpc) is 2.00. The lowest BCUT2D eigenvalue weighted by molar-refractivity contribution is 0.513. The van der Waals surface area contributed by atoms with E-state index in [0.717, 1.165) is 23.4 Å². The SMILES string of the molecule is Cc1cnc(N2CC(N)C2)c(Br)c1. The fourth-order valence-corrected chi connectivity index (χ4v) is 2.16. The van der Waals surface area contributed by atoms with E-state index in [9.17, 15) is 0 Å². The van der Waals surface area contributed by atoms with Gasteiger partial charge in [0.1, 0.15) is 5.82 Å². The summed E-state index contributed by atoms with van der Waals surface area (Å²) in [4.78, 5) is 6.53. The number of rotatable bonds is 1. The Morgan fingerprint density at radius 2 is 2.31 bits per heavy atom. The first-order valence-corrected chi connectivity index (χ1v) is 5.09. The number of hydrogen-bond donors (Lipinski definition) is 1. The van der Waals surface area contributed by atoms with E-state index in [0.29, 0.717) is 6.04 Å². The maximum absolute atomic E-state index is 5.70. The van der Waals surface area contributed by atoms with Crippen molar-refractivity contribution in [2.75, 3.05) is 18.0 Å². The molecule has 0 aliphatic carbocycles. The fraction of sp³-hybridized carbons (Fsp3) is 0.444. The minimum atomic E-state index is 0.315. The van der Waals surface area contributed by atoms with Crippen LogP contribution in [0.5, 0.6) is 0 Å². The first kappa shape index (κ1) is 8.97. The van der Waals surface area contributed by atoms with Crippen LogP contribution in [0.25, 0.3) is 0 Å². The summed E-state index contributed by atoms with van der Waals surface area (Å²) in [6, 6.07) is 2.39. The highest BCUT2D eigenvalue weighted by molar-refractivity contribution is 9.10. The molecule has 0 radical (unpaired) electrons. The van der Waals surface area contributed by atoms with Gasteiger partial charge in [-0.3, -0.25) is 0 Å². The molecule has 0 saturated carbocycles. The number of nitrogens with zero attached hydrogens (tertiary/aromatic N) is 2. The number of halogens is 1. The van der Waals surface area contributed by atoms with Gasteiger partial charge in [0, 0.05) is 25.3 Å². The van der Waals surface area contributed by atoms with Gasteiger partial charge in [0.15, 0.2) is 0 Å². The molecule has 1 fully saturated rings. The lowest BCUT2D eigenvalue weighted by Crippen LogP contribution is -2.56. The monoisotopic (exact) mass is 241 g/mol. The van der Waals surface area contributed by atoms with E-state index in [4.69, 9.17) is 5.73 Å². The Hall–Kier alpha value is -0.610. The highest BCUT2D eigenvalue weighted by Crippen LogP contribution is 2.27. The van der Waals surface area contributed by atoms with Crippen LogP contribution in [0.1, 0.15) is 5.56 Å². The van der Waals surface area contributed by atoms with Gasteiger partial charge >= 0.3 is 0 Å². The number of anilines is 1. The average molecular weight is 242 g/mol. The molecule has 70 valence electrons. The van der Waals surface area contributed by atoms with Crippen molar-refractivity contribution in [2.24, 2.45) is 5.73 Å². The van der Waals surface area contributed by atoms with Crippen molar-refractivity contribution in [1.29, 1.82) is 0 Å². The molecule has 1 aliphatic rings. The summed E-state index contributed by atoms with van der Waals surface area (Å²) in [5, 5.41) is 0. The Morgan fingerprint density at radius 1 is 1.62 bits per heavy atom. The molecular weight excluding hydrogens is 230 g/mol. The molecule has 0 aromatic carbocycles. The maximum Gasteiger partial charge on any atom is 0.142 e. The highest BCUT2D eigenvalue weighted by Gasteiger charge is 2.25. The first-order chi connectivity index (χ1) is 6.16. The van der Waals surface area contributed by atoms with Crippen LogP contribution in [0.4, 0.5) is 5.82 Å². The number of nitrogens with two attached hydrogens (primary N) is 1. The zero-order valence-electron chi connectivity index (χ0n) is 7.50. The Labute approximate surface area is 86.1 Å². The quantitative estimate of drug-likeness (QED) is 0.807. The molecular formula is C9H12BrN3. The van der Waals surface area contributed by atoms with Crippen LogP contribution >= 0.6 is 15.9 Å². The topological polar surface area (TPSA) is 42.2 Å². The first-order valence-electron chi connectivity index (χ1n) is 4.29. The molecule has 4 heteroatoms. The third-order valence-electron chi connectivity index (χ3n) is 2.17. The van der Waals surface area contributed by atoms with Gasteiger partial charge in [-0.05, 0) is 34.5 Å². The molecule has 1 aliphatic heterocycles. The van der Waals surface area contributed by atoms with Crippen molar-refractivity contribution in [3.05, 3.63) is 22.3 Å². The molecule has 0 amide bonds. The Kier molecular flexibility index (Phi) is 2.26. The Balaban J connectivity index is 2.21. The standard InChI is InChI=1S/C9H12BrN3/c1-6-2-8(10)9(12-3-6)13-4-7(11)5-13/h2-3,7H,4-5,11H2,1H3. The lowest BCUT2D eigenvalue weighted by atomic mass is 10.1. The van der Waals surface area contributed by atoms with Gasteiger partial charge in [-0.15, -0.1) is 0 Å². The van der Waals surface area contributed by atoms with Gasteiger partial charge in [0.25, 0.3) is 0 Å². The molecule has 1 aromatic heterocycles. The predicted octanol–water partition coefficient (Wildman–Crippen LogP) is 1.30. The van der Waals surface area contributed by atoms with Crippen molar-refractivity contribution < 1.29 is 0 Å². The number of aryl methyl sites for hydroxylation is 1.